The maximum Gasteiger partial charge on any atom is 0.330 e. The lowest BCUT2D eigenvalue weighted by Crippen LogP contribution is -2.41. The summed E-state index contributed by atoms with van der Waals surface area (Å²) in [6.45, 7) is 9.12. The maximum atomic E-state index is 12.3. The average molecular weight is 315 g/mol. The molecule has 1 heterocycles. The minimum absolute atomic E-state index is 0.213. The topological polar surface area (TPSA) is 84.1 Å². The van der Waals surface area contributed by atoms with E-state index in [2.05, 4.69) is 21.9 Å². The van der Waals surface area contributed by atoms with Crippen molar-refractivity contribution in [2.24, 2.45) is 0 Å². The summed E-state index contributed by atoms with van der Waals surface area (Å²) in [5.41, 5.74) is 0.812. The van der Waals surface area contributed by atoms with E-state index in [0.29, 0.717) is 28.8 Å². The number of anilines is 1. The maximum absolute atomic E-state index is 12.3. The predicted molar refractivity (Wildman–Crippen MR) is 91.6 cm³/mol. The summed E-state index contributed by atoms with van der Waals surface area (Å²) in [7, 11) is 1.34. The van der Waals surface area contributed by atoms with Crippen LogP contribution in [0.3, 0.4) is 0 Å². The van der Waals surface area contributed by atoms with Gasteiger partial charge in [0.1, 0.15) is 11.4 Å². The summed E-state index contributed by atoms with van der Waals surface area (Å²) < 4.78 is 4.78. The molecule has 0 spiro atoms. The molecule has 6 nitrogen and oxygen atoms in total. The van der Waals surface area contributed by atoms with Crippen LogP contribution in [-0.2, 0) is 16.0 Å². The summed E-state index contributed by atoms with van der Waals surface area (Å²) in [5, 5.41) is 3.54. The minimum atomic E-state index is -0.926. The van der Waals surface area contributed by atoms with Crippen molar-refractivity contribution < 1.29 is 9.53 Å². The van der Waals surface area contributed by atoms with Crippen molar-refractivity contribution in [3.63, 3.8) is 0 Å². The Morgan fingerprint density at radius 2 is 2.17 bits per heavy atom. The Morgan fingerprint density at radius 1 is 1.48 bits per heavy atom. The van der Waals surface area contributed by atoms with E-state index in [9.17, 15) is 9.59 Å². The highest BCUT2D eigenvalue weighted by molar-refractivity contribution is 5.91. The predicted octanol–water partition coefficient (Wildman–Crippen LogP) is 2.49. The highest BCUT2D eigenvalue weighted by Gasteiger charge is 2.28. The van der Waals surface area contributed by atoms with Gasteiger partial charge in [0.25, 0.3) is 5.56 Å². The summed E-state index contributed by atoms with van der Waals surface area (Å²) in [5.74, 6) is 0.229. The Kier molecular flexibility index (Phi) is 4.54. The van der Waals surface area contributed by atoms with Gasteiger partial charge in [0, 0.05) is 17.7 Å². The lowest BCUT2D eigenvalue weighted by molar-refractivity contribution is -0.144. The SMILES string of the molecule is C=Cc1cc(NC(C)(C)C(=O)OC)cc2c(=O)[nH]c(CC)nc12. The van der Waals surface area contributed by atoms with Gasteiger partial charge in [-0.05, 0) is 26.0 Å². The number of nitrogens with one attached hydrogen (secondary N) is 2. The normalized spacial score (nSPS) is 11.3. The van der Waals surface area contributed by atoms with Gasteiger partial charge >= 0.3 is 5.97 Å². The number of esters is 1. The zero-order valence-corrected chi connectivity index (χ0v) is 13.8. The molecule has 1 aromatic heterocycles. The number of aromatic nitrogens is 2. The molecule has 0 amide bonds. The van der Waals surface area contributed by atoms with Gasteiger partial charge in [0.05, 0.1) is 18.0 Å². The number of hydrogen-bond acceptors (Lipinski definition) is 5. The van der Waals surface area contributed by atoms with Gasteiger partial charge < -0.3 is 15.0 Å². The third-order valence-electron chi connectivity index (χ3n) is 3.60. The lowest BCUT2D eigenvalue weighted by atomic mass is 10.0. The number of H-pyrrole nitrogens is 1. The Bertz CT molecular complexity index is 822. The Morgan fingerprint density at radius 3 is 2.74 bits per heavy atom. The monoisotopic (exact) mass is 315 g/mol. The van der Waals surface area contributed by atoms with Crippen molar-refractivity contribution >= 4 is 28.6 Å². The number of rotatable bonds is 5. The molecule has 0 saturated carbocycles. The molecule has 0 unspecified atom stereocenters. The second kappa shape index (κ2) is 6.24. The third-order valence-corrected chi connectivity index (χ3v) is 3.60. The Labute approximate surface area is 134 Å². The number of benzene rings is 1. The first-order valence-corrected chi connectivity index (χ1v) is 7.38. The molecule has 0 radical (unpaired) electrons. The molecular formula is C17H21N3O3. The van der Waals surface area contributed by atoms with Crippen molar-refractivity contribution in [2.45, 2.75) is 32.7 Å². The van der Waals surface area contributed by atoms with Crippen LogP contribution < -0.4 is 10.9 Å². The number of ether oxygens (including phenoxy) is 1. The van der Waals surface area contributed by atoms with Crippen molar-refractivity contribution in [1.29, 1.82) is 0 Å². The van der Waals surface area contributed by atoms with Gasteiger partial charge in [-0.15, -0.1) is 0 Å². The molecule has 2 rings (SSSR count). The smallest absolute Gasteiger partial charge is 0.330 e. The lowest BCUT2D eigenvalue weighted by Gasteiger charge is -2.24. The number of fused-ring (bicyclic) bond motifs is 1. The van der Waals surface area contributed by atoms with Crippen LogP contribution in [0.4, 0.5) is 5.69 Å². The van der Waals surface area contributed by atoms with E-state index in [-0.39, 0.29) is 5.56 Å². The zero-order chi connectivity index (χ0) is 17.2. The van der Waals surface area contributed by atoms with Crippen LogP contribution in [0.25, 0.3) is 17.0 Å². The molecule has 0 aliphatic heterocycles. The molecular weight excluding hydrogens is 294 g/mol. The van der Waals surface area contributed by atoms with E-state index in [4.69, 9.17) is 4.74 Å². The molecule has 122 valence electrons. The molecule has 0 saturated heterocycles. The first-order chi connectivity index (χ1) is 10.8. The van der Waals surface area contributed by atoms with Crippen LogP contribution in [0.5, 0.6) is 0 Å². The van der Waals surface area contributed by atoms with Crippen molar-refractivity contribution in [2.75, 3.05) is 12.4 Å². The number of aromatic amines is 1. The summed E-state index contributed by atoms with van der Waals surface area (Å²) in [4.78, 5) is 31.3. The Balaban J connectivity index is 2.60. The summed E-state index contributed by atoms with van der Waals surface area (Å²) in [6.07, 6.45) is 2.28. The van der Waals surface area contributed by atoms with E-state index in [1.807, 2.05) is 13.0 Å². The molecule has 2 N–H and O–H groups in total. The van der Waals surface area contributed by atoms with E-state index in [1.165, 1.54) is 7.11 Å². The highest BCUT2D eigenvalue weighted by Crippen LogP contribution is 2.24. The first kappa shape index (κ1) is 16.7. The minimum Gasteiger partial charge on any atom is -0.467 e. The van der Waals surface area contributed by atoms with Gasteiger partial charge in [0.15, 0.2) is 0 Å². The van der Waals surface area contributed by atoms with Gasteiger partial charge in [0.2, 0.25) is 0 Å². The largest absolute Gasteiger partial charge is 0.467 e. The highest BCUT2D eigenvalue weighted by atomic mass is 16.5. The van der Waals surface area contributed by atoms with Crippen molar-refractivity contribution in [1.82, 2.24) is 9.97 Å². The average Bonchev–Trinajstić information content (AvgIpc) is 2.53. The fourth-order valence-corrected chi connectivity index (χ4v) is 2.38. The van der Waals surface area contributed by atoms with Crippen molar-refractivity contribution in [3.8, 4) is 0 Å². The molecule has 23 heavy (non-hydrogen) atoms. The number of hydrogen-bond donors (Lipinski definition) is 2. The van der Waals surface area contributed by atoms with Crippen LogP contribution >= 0.6 is 0 Å². The third kappa shape index (κ3) is 3.26. The molecule has 1 aromatic carbocycles. The van der Waals surface area contributed by atoms with Crippen LogP contribution in [0.2, 0.25) is 0 Å². The van der Waals surface area contributed by atoms with E-state index < -0.39 is 11.5 Å². The first-order valence-electron chi connectivity index (χ1n) is 7.38. The fourth-order valence-electron chi connectivity index (χ4n) is 2.38. The van der Waals surface area contributed by atoms with E-state index in [1.54, 1.807) is 26.0 Å². The van der Waals surface area contributed by atoms with Gasteiger partial charge in [-0.1, -0.05) is 19.6 Å². The molecule has 0 atom stereocenters. The summed E-state index contributed by atoms with van der Waals surface area (Å²) in [6, 6.07) is 3.49. The zero-order valence-electron chi connectivity index (χ0n) is 13.8. The standard InChI is InChI=1S/C17H21N3O3/c1-6-10-8-11(20-17(3,4)16(22)23-5)9-12-14(10)18-13(7-2)19-15(12)21/h6,8-9,20H,1,7H2,2-5H3,(H,18,19,21). The van der Waals surface area contributed by atoms with Crippen LogP contribution in [0.1, 0.15) is 32.2 Å². The number of nitrogens with zero attached hydrogens (tertiary/aromatic N) is 1. The second-order valence-corrected chi connectivity index (χ2v) is 5.77. The van der Waals surface area contributed by atoms with Crippen LogP contribution in [0, 0.1) is 0 Å². The number of methoxy groups -OCH3 is 1. The van der Waals surface area contributed by atoms with Gasteiger partial charge in [-0.2, -0.15) is 0 Å². The van der Waals surface area contributed by atoms with Crippen molar-refractivity contribution in [3.05, 3.63) is 40.5 Å². The fraction of sp³-hybridized carbons (Fsp3) is 0.353. The van der Waals surface area contributed by atoms with Crippen LogP contribution in [0.15, 0.2) is 23.5 Å². The number of carbonyl (C=O) groups is 1. The molecule has 0 aliphatic rings. The molecule has 0 bridgehead atoms. The summed E-state index contributed by atoms with van der Waals surface area (Å²) >= 11 is 0. The number of carbonyl (C=O) groups excluding carboxylic acids is 1. The van der Waals surface area contributed by atoms with Gasteiger partial charge in [-0.3, -0.25) is 4.79 Å². The van der Waals surface area contributed by atoms with E-state index >= 15 is 0 Å². The Hall–Kier alpha value is -2.63. The quantitative estimate of drug-likeness (QED) is 0.828. The van der Waals surface area contributed by atoms with Crippen LogP contribution in [-0.4, -0.2) is 28.6 Å². The van der Waals surface area contributed by atoms with E-state index in [0.717, 1.165) is 5.56 Å². The molecule has 0 aliphatic carbocycles. The number of aryl methyl sites for hydroxylation is 1. The molecule has 2 aromatic rings. The molecule has 0 fully saturated rings. The van der Waals surface area contributed by atoms with Gasteiger partial charge in [-0.25, -0.2) is 9.78 Å². The second-order valence-electron chi connectivity index (χ2n) is 5.77. The molecule has 6 heteroatoms.